The molecule has 1 aliphatic heterocycles. The van der Waals surface area contributed by atoms with Gasteiger partial charge in [-0.25, -0.2) is 9.78 Å². The molecule has 3 rings (SSSR count). The number of hydrogen-bond donors (Lipinski definition) is 2. The zero-order valence-electron chi connectivity index (χ0n) is 15.1. The molecule has 3 N–H and O–H groups in total. The van der Waals surface area contributed by atoms with Gasteiger partial charge < -0.3 is 25.6 Å². The van der Waals surface area contributed by atoms with Gasteiger partial charge in [0.25, 0.3) is 5.91 Å². The Bertz CT molecular complexity index is 806. The normalized spacial score (nSPS) is 14.0. The number of carbonyl (C=O) groups is 2. The van der Waals surface area contributed by atoms with Crippen molar-refractivity contribution in [3.63, 3.8) is 0 Å². The Morgan fingerprint density at radius 3 is 2.52 bits per heavy atom. The second kappa shape index (κ2) is 8.35. The van der Waals surface area contributed by atoms with Crippen LogP contribution in [0.25, 0.3) is 0 Å². The van der Waals surface area contributed by atoms with Gasteiger partial charge in [0.05, 0.1) is 6.61 Å². The van der Waals surface area contributed by atoms with Crippen molar-refractivity contribution in [1.29, 1.82) is 0 Å². The van der Waals surface area contributed by atoms with E-state index >= 15 is 0 Å². The summed E-state index contributed by atoms with van der Waals surface area (Å²) < 4.78 is 5.01. The number of piperazine rings is 1. The third-order valence-electron chi connectivity index (χ3n) is 4.17. The molecule has 2 amide bonds. The molecular weight excluding hydrogens is 348 g/mol. The van der Waals surface area contributed by atoms with Crippen LogP contribution in [-0.2, 0) is 4.74 Å². The van der Waals surface area contributed by atoms with E-state index < -0.39 is 0 Å². The molecular formula is C18H22N6O3. The highest BCUT2D eigenvalue weighted by Crippen LogP contribution is 2.17. The first-order chi connectivity index (χ1) is 13.1. The summed E-state index contributed by atoms with van der Waals surface area (Å²) in [6, 6.07) is 9.09. The predicted octanol–water partition coefficient (Wildman–Crippen LogP) is 1.59. The molecule has 0 spiro atoms. The second-order valence-corrected chi connectivity index (χ2v) is 5.96. The highest BCUT2D eigenvalue weighted by molar-refractivity contribution is 6.07. The molecule has 2 aromatic rings. The Balaban J connectivity index is 1.63. The maximum absolute atomic E-state index is 12.4. The quantitative estimate of drug-likeness (QED) is 0.840. The van der Waals surface area contributed by atoms with Crippen molar-refractivity contribution in [2.45, 2.75) is 6.92 Å². The van der Waals surface area contributed by atoms with Gasteiger partial charge in [-0.15, -0.1) is 0 Å². The van der Waals surface area contributed by atoms with Gasteiger partial charge in [0.2, 0.25) is 5.95 Å². The Hall–Kier alpha value is -3.36. The van der Waals surface area contributed by atoms with E-state index in [0.717, 1.165) is 0 Å². The summed E-state index contributed by atoms with van der Waals surface area (Å²) >= 11 is 0. The monoisotopic (exact) mass is 370 g/mol. The first-order valence-electron chi connectivity index (χ1n) is 8.74. The van der Waals surface area contributed by atoms with Crippen molar-refractivity contribution >= 4 is 29.5 Å². The van der Waals surface area contributed by atoms with Gasteiger partial charge in [-0.2, -0.15) is 4.98 Å². The number of carbonyl (C=O) groups excluding carboxylic acids is 2. The smallest absolute Gasteiger partial charge is 0.409 e. The Kier molecular flexibility index (Phi) is 5.70. The van der Waals surface area contributed by atoms with Crippen LogP contribution < -0.4 is 16.0 Å². The summed E-state index contributed by atoms with van der Waals surface area (Å²) in [6.45, 7) is 4.28. The molecule has 0 bridgehead atoms. The zero-order valence-corrected chi connectivity index (χ0v) is 15.1. The molecule has 1 aromatic heterocycles. The fourth-order valence-corrected chi connectivity index (χ4v) is 2.74. The molecule has 0 radical (unpaired) electrons. The van der Waals surface area contributed by atoms with Crippen molar-refractivity contribution in [3.05, 3.63) is 42.1 Å². The van der Waals surface area contributed by atoms with Gasteiger partial charge in [-0.05, 0) is 19.1 Å². The molecule has 9 heteroatoms. The van der Waals surface area contributed by atoms with Crippen LogP contribution in [0.15, 0.2) is 36.5 Å². The number of rotatable bonds is 4. The average Bonchev–Trinajstić information content (AvgIpc) is 2.69. The minimum Gasteiger partial charge on any atom is -0.450 e. The fourth-order valence-electron chi connectivity index (χ4n) is 2.74. The van der Waals surface area contributed by atoms with Gasteiger partial charge >= 0.3 is 6.09 Å². The number of nitrogens with two attached hydrogens (primary N) is 1. The number of nitrogens with one attached hydrogen (secondary N) is 1. The molecule has 0 aliphatic carbocycles. The van der Waals surface area contributed by atoms with Crippen LogP contribution in [0.3, 0.4) is 0 Å². The van der Waals surface area contributed by atoms with E-state index in [0.29, 0.717) is 44.4 Å². The first kappa shape index (κ1) is 18.4. The number of nitrogens with zero attached hydrogens (tertiary/aromatic N) is 4. The highest BCUT2D eigenvalue weighted by Gasteiger charge is 2.24. The Morgan fingerprint density at radius 1 is 1.19 bits per heavy atom. The maximum atomic E-state index is 12.4. The number of anilines is 3. The number of para-hydroxylation sites is 1. The van der Waals surface area contributed by atoms with Gasteiger partial charge in [-0.3, -0.25) is 4.79 Å². The number of nitrogen functional groups attached to an aromatic ring is 1. The number of hydrogen-bond acceptors (Lipinski definition) is 7. The lowest BCUT2D eigenvalue weighted by Crippen LogP contribution is -2.49. The molecule has 0 saturated carbocycles. The molecule has 27 heavy (non-hydrogen) atoms. The van der Waals surface area contributed by atoms with Crippen molar-refractivity contribution in [3.8, 4) is 0 Å². The summed E-state index contributed by atoms with van der Waals surface area (Å²) in [5, 5.41) is 2.76. The number of benzene rings is 1. The Morgan fingerprint density at radius 2 is 1.89 bits per heavy atom. The number of aromatic nitrogens is 2. The summed E-state index contributed by atoms with van der Waals surface area (Å²) in [5.74, 6) is 0.186. The molecule has 1 aromatic carbocycles. The van der Waals surface area contributed by atoms with Gasteiger partial charge in [0.15, 0.2) is 0 Å². The van der Waals surface area contributed by atoms with E-state index in [4.69, 9.17) is 10.5 Å². The largest absolute Gasteiger partial charge is 0.450 e. The van der Waals surface area contributed by atoms with Crippen LogP contribution in [0.4, 0.5) is 22.2 Å². The molecule has 1 saturated heterocycles. The molecule has 142 valence electrons. The van der Waals surface area contributed by atoms with Crippen LogP contribution in [0.1, 0.15) is 17.3 Å². The number of ether oxygens (including phenoxy) is 1. The molecule has 2 heterocycles. The van der Waals surface area contributed by atoms with Crippen molar-refractivity contribution in [1.82, 2.24) is 14.9 Å². The van der Waals surface area contributed by atoms with E-state index in [2.05, 4.69) is 15.3 Å². The lowest BCUT2D eigenvalue weighted by atomic mass is 10.2. The van der Waals surface area contributed by atoms with E-state index in [1.165, 1.54) is 6.20 Å². The SMILES string of the molecule is CCOC(=O)N1CCN(c2ncc(C(=O)Nc3ccccc3)c(N)n2)CC1. The highest BCUT2D eigenvalue weighted by atomic mass is 16.6. The third kappa shape index (κ3) is 4.43. The minimum absolute atomic E-state index is 0.112. The zero-order chi connectivity index (χ0) is 19.2. The predicted molar refractivity (Wildman–Crippen MR) is 102 cm³/mol. The summed E-state index contributed by atoms with van der Waals surface area (Å²) in [4.78, 5) is 36.2. The van der Waals surface area contributed by atoms with Crippen LogP contribution in [-0.4, -0.2) is 59.7 Å². The van der Waals surface area contributed by atoms with E-state index in [1.54, 1.807) is 24.0 Å². The summed E-state index contributed by atoms with van der Waals surface area (Å²) in [7, 11) is 0. The van der Waals surface area contributed by atoms with Gasteiger partial charge in [0.1, 0.15) is 11.4 Å². The maximum Gasteiger partial charge on any atom is 0.409 e. The van der Waals surface area contributed by atoms with Gasteiger partial charge in [-0.1, -0.05) is 18.2 Å². The average molecular weight is 370 g/mol. The molecule has 9 nitrogen and oxygen atoms in total. The lowest BCUT2D eigenvalue weighted by Gasteiger charge is -2.34. The first-order valence-corrected chi connectivity index (χ1v) is 8.74. The summed E-state index contributed by atoms with van der Waals surface area (Å²) in [6.07, 6.45) is 1.11. The van der Waals surface area contributed by atoms with E-state index in [9.17, 15) is 9.59 Å². The van der Waals surface area contributed by atoms with Crippen molar-refractivity contribution in [2.75, 3.05) is 48.7 Å². The minimum atomic E-state index is -0.364. The van der Waals surface area contributed by atoms with Crippen LogP contribution in [0, 0.1) is 0 Å². The third-order valence-corrected chi connectivity index (χ3v) is 4.17. The van der Waals surface area contributed by atoms with Gasteiger partial charge in [0, 0.05) is 38.1 Å². The topological polar surface area (TPSA) is 114 Å². The van der Waals surface area contributed by atoms with Crippen LogP contribution >= 0.6 is 0 Å². The molecule has 1 aliphatic rings. The molecule has 0 unspecified atom stereocenters. The van der Waals surface area contributed by atoms with Crippen molar-refractivity contribution < 1.29 is 14.3 Å². The molecule has 0 atom stereocenters. The van der Waals surface area contributed by atoms with Crippen LogP contribution in [0.2, 0.25) is 0 Å². The van der Waals surface area contributed by atoms with Crippen LogP contribution in [0.5, 0.6) is 0 Å². The van der Waals surface area contributed by atoms with E-state index in [1.807, 2.05) is 23.1 Å². The standard InChI is InChI=1S/C18H22N6O3/c1-2-27-18(26)24-10-8-23(9-11-24)17-20-12-14(15(19)22-17)16(25)21-13-6-4-3-5-7-13/h3-7,12H,2,8-11H2,1H3,(H,21,25)(H2,19,20,22). The summed E-state index contributed by atoms with van der Waals surface area (Å²) in [5.41, 5.74) is 6.86. The van der Waals surface area contributed by atoms with Crippen molar-refractivity contribution in [2.24, 2.45) is 0 Å². The Labute approximate surface area is 157 Å². The van der Waals surface area contributed by atoms with E-state index in [-0.39, 0.29) is 23.4 Å². The fraction of sp³-hybridized carbons (Fsp3) is 0.333. The second-order valence-electron chi connectivity index (χ2n) is 5.96. The number of amides is 2. The molecule has 1 fully saturated rings. The lowest BCUT2D eigenvalue weighted by molar-refractivity contribution is 0.102.